The minimum Gasteiger partial charge on any atom is -0.497 e. The van der Waals surface area contributed by atoms with Gasteiger partial charge in [0.2, 0.25) is 0 Å². The smallest absolute Gasteiger partial charge is 0.126 e. The Kier molecular flexibility index (Phi) is 5.99. The van der Waals surface area contributed by atoms with Gasteiger partial charge in [-0.05, 0) is 17.7 Å². The van der Waals surface area contributed by atoms with Gasteiger partial charge in [-0.2, -0.15) is 0 Å². The highest BCUT2D eigenvalue weighted by Crippen LogP contribution is 2.13. The molecule has 1 fully saturated rings. The molecule has 0 unspecified atom stereocenters. The molecule has 1 saturated heterocycles. The van der Waals surface area contributed by atoms with Crippen molar-refractivity contribution < 1.29 is 23.8 Å². The minimum atomic E-state index is -0.439. The van der Waals surface area contributed by atoms with E-state index in [1.807, 2.05) is 24.3 Å². The summed E-state index contributed by atoms with van der Waals surface area (Å²) < 4.78 is 16.9. The number of likely N-dealkylation sites (N-methyl/N-ethyl adjacent to an activating group) is 1. The standard InChI is InChI=1S/C16H26NO4/c1-17(7-9-20-10-8-17)11-15(18)13-21-12-14-3-5-16(19-2)6-4-14/h3-6,15,18H,7-13H2,1-2H3/q+1/t15-/m0/s1. The van der Waals surface area contributed by atoms with Crippen molar-refractivity contribution >= 4 is 0 Å². The number of quaternary nitrogens is 1. The van der Waals surface area contributed by atoms with Gasteiger partial charge in [0.25, 0.3) is 0 Å². The van der Waals surface area contributed by atoms with Crippen LogP contribution in [-0.2, 0) is 16.1 Å². The van der Waals surface area contributed by atoms with Crippen molar-refractivity contribution in [3.63, 3.8) is 0 Å². The Bertz CT molecular complexity index is 415. The van der Waals surface area contributed by atoms with Crippen LogP contribution in [0.2, 0.25) is 0 Å². The molecule has 5 nitrogen and oxygen atoms in total. The molecule has 1 heterocycles. The molecule has 2 rings (SSSR count). The predicted molar refractivity (Wildman–Crippen MR) is 80.3 cm³/mol. The van der Waals surface area contributed by atoms with Gasteiger partial charge >= 0.3 is 0 Å². The summed E-state index contributed by atoms with van der Waals surface area (Å²) in [5, 5.41) is 10.1. The lowest BCUT2D eigenvalue weighted by Crippen LogP contribution is -2.55. The third-order valence-electron chi connectivity index (χ3n) is 3.94. The summed E-state index contributed by atoms with van der Waals surface area (Å²) >= 11 is 0. The number of rotatable bonds is 7. The first kappa shape index (κ1) is 16.2. The number of aliphatic hydroxyl groups excluding tert-OH is 1. The number of ether oxygens (including phenoxy) is 3. The van der Waals surface area contributed by atoms with Gasteiger partial charge in [-0.1, -0.05) is 12.1 Å². The van der Waals surface area contributed by atoms with Crippen molar-refractivity contribution in [2.24, 2.45) is 0 Å². The van der Waals surface area contributed by atoms with Crippen LogP contribution in [0, 0.1) is 0 Å². The number of hydrogen-bond donors (Lipinski definition) is 1. The summed E-state index contributed by atoms with van der Waals surface area (Å²) in [4.78, 5) is 0. The van der Waals surface area contributed by atoms with Gasteiger partial charge < -0.3 is 23.8 Å². The predicted octanol–water partition coefficient (Wildman–Crippen LogP) is 1.05. The van der Waals surface area contributed by atoms with E-state index in [2.05, 4.69) is 7.05 Å². The average Bonchev–Trinajstić information content (AvgIpc) is 2.48. The van der Waals surface area contributed by atoms with E-state index in [0.717, 1.165) is 42.1 Å². The summed E-state index contributed by atoms with van der Waals surface area (Å²) in [6.45, 7) is 5.04. The second-order valence-electron chi connectivity index (χ2n) is 5.88. The lowest BCUT2D eigenvalue weighted by Gasteiger charge is -2.38. The Morgan fingerprint density at radius 1 is 1.24 bits per heavy atom. The highest BCUT2D eigenvalue weighted by molar-refractivity contribution is 5.26. The van der Waals surface area contributed by atoms with Crippen LogP contribution in [0.4, 0.5) is 0 Å². The molecular formula is C16H26NO4+. The molecule has 5 heteroatoms. The van der Waals surface area contributed by atoms with Gasteiger partial charge in [0, 0.05) is 0 Å². The number of aliphatic hydroxyl groups is 1. The summed E-state index contributed by atoms with van der Waals surface area (Å²) in [6.07, 6.45) is -0.439. The zero-order chi connectivity index (χ0) is 15.1. The van der Waals surface area contributed by atoms with Gasteiger partial charge in [0.1, 0.15) is 31.5 Å². The molecule has 1 N–H and O–H groups in total. The number of nitrogens with zero attached hydrogens (tertiary/aromatic N) is 1. The number of methoxy groups -OCH3 is 1. The molecule has 0 saturated carbocycles. The molecule has 0 bridgehead atoms. The van der Waals surface area contributed by atoms with E-state index in [9.17, 15) is 5.11 Å². The van der Waals surface area contributed by atoms with E-state index in [1.54, 1.807) is 7.11 Å². The Balaban J connectivity index is 1.69. The Labute approximate surface area is 126 Å². The molecule has 118 valence electrons. The third-order valence-corrected chi connectivity index (χ3v) is 3.94. The maximum atomic E-state index is 10.1. The fraction of sp³-hybridized carbons (Fsp3) is 0.625. The van der Waals surface area contributed by atoms with Gasteiger partial charge in [-0.15, -0.1) is 0 Å². The fourth-order valence-electron chi connectivity index (χ4n) is 2.56. The van der Waals surface area contributed by atoms with Gasteiger partial charge in [-0.3, -0.25) is 0 Å². The van der Waals surface area contributed by atoms with Crippen LogP contribution < -0.4 is 4.74 Å². The zero-order valence-corrected chi connectivity index (χ0v) is 13.0. The van der Waals surface area contributed by atoms with E-state index in [1.165, 1.54) is 0 Å². The summed E-state index contributed by atoms with van der Waals surface area (Å²) in [6, 6.07) is 7.77. The molecule has 0 aliphatic carbocycles. The normalized spacial score (nSPS) is 19.2. The van der Waals surface area contributed by atoms with Crippen molar-refractivity contribution in [3.05, 3.63) is 29.8 Å². The van der Waals surface area contributed by atoms with E-state index in [4.69, 9.17) is 14.2 Å². The first-order chi connectivity index (χ1) is 10.1. The highest BCUT2D eigenvalue weighted by atomic mass is 16.5. The maximum absolute atomic E-state index is 10.1. The monoisotopic (exact) mass is 296 g/mol. The maximum Gasteiger partial charge on any atom is 0.126 e. The molecule has 0 spiro atoms. The van der Waals surface area contributed by atoms with Crippen molar-refractivity contribution in [2.75, 3.05) is 53.6 Å². The van der Waals surface area contributed by atoms with Crippen molar-refractivity contribution in [3.8, 4) is 5.75 Å². The van der Waals surface area contributed by atoms with Gasteiger partial charge in [0.15, 0.2) is 0 Å². The van der Waals surface area contributed by atoms with Crippen molar-refractivity contribution in [1.82, 2.24) is 0 Å². The summed E-state index contributed by atoms with van der Waals surface area (Å²) in [7, 11) is 3.81. The summed E-state index contributed by atoms with van der Waals surface area (Å²) in [5.41, 5.74) is 1.08. The fourth-order valence-corrected chi connectivity index (χ4v) is 2.56. The molecular weight excluding hydrogens is 270 g/mol. The third kappa shape index (κ3) is 5.28. The van der Waals surface area contributed by atoms with E-state index in [0.29, 0.717) is 19.8 Å². The quantitative estimate of drug-likeness (QED) is 0.764. The molecule has 1 atom stereocenters. The molecule has 1 aliphatic rings. The average molecular weight is 296 g/mol. The zero-order valence-electron chi connectivity index (χ0n) is 13.0. The van der Waals surface area contributed by atoms with Crippen LogP contribution in [0.5, 0.6) is 5.75 Å². The van der Waals surface area contributed by atoms with Crippen molar-refractivity contribution in [2.45, 2.75) is 12.7 Å². The van der Waals surface area contributed by atoms with Gasteiger partial charge in [-0.25, -0.2) is 0 Å². The Morgan fingerprint density at radius 3 is 2.52 bits per heavy atom. The van der Waals surface area contributed by atoms with Crippen LogP contribution in [0.3, 0.4) is 0 Å². The molecule has 1 aromatic carbocycles. The molecule has 1 aromatic rings. The van der Waals surface area contributed by atoms with Crippen LogP contribution >= 0.6 is 0 Å². The lowest BCUT2D eigenvalue weighted by molar-refractivity contribution is -0.919. The molecule has 21 heavy (non-hydrogen) atoms. The largest absolute Gasteiger partial charge is 0.497 e. The van der Waals surface area contributed by atoms with Crippen LogP contribution in [0.15, 0.2) is 24.3 Å². The Hall–Kier alpha value is -1.14. The topological polar surface area (TPSA) is 47.9 Å². The van der Waals surface area contributed by atoms with E-state index >= 15 is 0 Å². The second-order valence-corrected chi connectivity index (χ2v) is 5.88. The molecule has 0 amide bonds. The second kappa shape index (κ2) is 7.75. The molecule has 1 aliphatic heterocycles. The first-order valence-corrected chi connectivity index (χ1v) is 7.41. The number of benzene rings is 1. The van der Waals surface area contributed by atoms with Crippen LogP contribution in [-0.4, -0.2) is 69.3 Å². The number of morpholine rings is 1. The lowest BCUT2D eigenvalue weighted by atomic mass is 10.2. The summed E-state index contributed by atoms with van der Waals surface area (Å²) in [5.74, 6) is 0.837. The van der Waals surface area contributed by atoms with Gasteiger partial charge in [0.05, 0.1) is 40.6 Å². The molecule has 0 radical (unpaired) electrons. The number of hydrogen-bond acceptors (Lipinski definition) is 4. The Morgan fingerprint density at radius 2 is 1.90 bits per heavy atom. The minimum absolute atomic E-state index is 0.362. The highest BCUT2D eigenvalue weighted by Gasteiger charge is 2.28. The van der Waals surface area contributed by atoms with E-state index < -0.39 is 6.10 Å². The van der Waals surface area contributed by atoms with Crippen LogP contribution in [0.25, 0.3) is 0 Å². The van der Waals surface area contributed by atoms with Crippen molar-refractivity contribution in [1.29, 1.82) is 0 Å². The van der Waals surface area contributed by atoms with E-state index in [-0.39, 0.29) is 0 Å². The first-order valence-electron chi connectivity index (χ1n) is 7.41. The SMILES string of the molecule is COc1ccc(COC[C@@H](O)C[N+]2(C)CCOCC2)cc1. The van der Waals surface area contributed by atoms with Crippen LogP contribution in [0.1, 0.15) is 5.56 Å². The molecule has 0 aromatic heterocycles.